The summed E-state index contributed by atoms with van der Waals surface area (Å²) >= 11 is 1.29. The Morgan fingerprint density at radius 1 is 1.18 bits per heavy atom. The number of hydrogen-bond acceptors (Lipinski definition) is 7. The lowest BCUT2D eigenvalue weighted by Gasteiger charge is -2.33. The molecule has 5 rings (SSSR count). The molecule has 4 heterocycles. The van der Waals surface area contributed by atoms with Crippen molar-refractivity contribution in [3.05, 3.63) is 54.4 Å². The van der Waals surface area contributed by atoms with E-state index in [1.54, 1.807) is 24.5 Å². The van der Waals surface area contributed by atoms with Crippen LogP contribution in [0.4, 0.5) is 30.2 Å². The molecule has 1 aliphatic heterocycles. The van der Waals surface area contributed by atoms with Crippen molar-refractivity contribution in [3.63, 3.8) is 0 Å². The predicted molar refractivity (Wildman–Crippen MR) is 120 cm³/mol. The first-order chi connectivity index (χ1) is 16.0. The normalized spacial score (nSPS) is 16.2. The Kier molecular flexibility index (Phi) is 5.50. The molecule has 0 spiro atoms. The van der Waals surface area contributed by atoms with E-state index in [-0.39, 0.29) is 17.3 Å². The Labute approximate surface area is 190 Å². The average molecular weight is 471 g/mol. The summed E-state index contributed by atoms with van der Waals surface area (Å²) in [6.45, 7) is 1.30. The molecule has 1 fully saturated rings. The Morgan fingerprint density at radius 2 is 2.00 bits per heavy atom. The van der Waals surface area contributed by atoms with Crippen LogP contribution in [0.15, 0.2) is 42.7 Å². The fourth-order valence-corrected chi connectivity index (χ4v) is 4.71. The van der Waals surface area contributed by atoms with Gasteiger partial charge < -0.3 is 20.6 Å². The maximum Gasteiger partial charge on any atom is 0.404 e. The van der Waals surface area contributed by atoms with Crippen LogP contribution >= 0.6 is 11.5 Å². The highest BCUT2D eigenvalue weighted by molar-refractivity contribution is 7.10. The maximum atomic E-state index is 14.3. The van der Waals surface area contributed by atoms with Crippen LogP contribution in [-0.2, 0) is 0 Å². The second-order valence-corrected chi connectivity index (χ2v) is 8.42. The van der Waals surface area contributed by atoms with Crippen molar-refractivity contribution in [2.24, 2.45) is 0 Å². The van der Waals surface area contributed by atoms with Gasteiger partial charge in [-0.2, -0.15) is 14.0 Å². The molecule has 4 aromatic rings. The van der Waals surface area contributed by atoms with Gasteiger partial charge in [0.15, 0.2) is 0 Å². The second kappa shape index (κ2) is 8.62. The third kappa shape index (κ3) is 4.16. The Hall–Kier alpha value is -3.80. The van der Waals surface area contributed by atoms with E-state index in [2.05, 4.69) is 30.0 Å². The van der Waals surface area contributed by atoms with Gasteiger partial charge in [-0.05, 0) is 48.6 Å². The minimum atomic E-state index is -1.04. The van der Waals surface area contributed by atoms with Crippen LogP contribution < -0.4 is 15.5 Å². The van der Waals surface area contributed by atoms with E-state index >= 15 is 0 Å². The summed E-state index contributed by atoms with van der Waals surface area (Å²) in [7, 11) is 0. The molecule has 1 amide bonds. The Balaban J connectivity index is 1.44. The molecular weight excluding hydrogens is 452 g/mol. The number of hydrogen-bond donors (Lipinski definition) is 3. The number of benzene rings is 1. The standard InChI is InChI=1S/C21H19F2N7O2S/c22-14-4-1-5-15(23)18(14)16-7-6-13-9-24-20(30(13)28-16)27-17-10-25-33-19(17)29-8-2-3-12(11-29)26-21(31)32/h1,4-7,9-10,12,26H,2-3,8,11H2,(H,24,27)(H,31,32). The van der Waals surface area contributed by atoms with Gasteiger partial charge in [0.05, 0.1) is 34.9 Å². The largest absolute Gasteiger partial charge is 0.465 e. The predicted octanol–water partition coefficient (Wildman–Crippen LogP) is 4.11. The highest BCUT2D eigenvalue weighted by Gasteiger charge is 2.25. The molecule has 3 aromatic heterocycles. The minimum Gasteiger partial charge on any atom is -0.465 e. The van der Waals surface area contributed by atoms with Crippen molar-refractivity contribution in [1.82, 2.24) is 24.3 Å². The van der Waals surface area contributed by atoms with Crippen LogP contribution in [0.25, 0.3) is 16.8 Å². The lowest BCUT2D eigenvalue weighted by molar-refractivity contribution is 0.188. The summed E-state index contributed by atoms with van der Waals surface area (Å²) < 4.78 is 34.3. The zero-order valence-electron chi connectivity index (χ0n) is 17.2. The first kappa shape index (κ1) is 21.1. The van der Waals surface area contributed by atoms with Crippen LogP contribution in [-0.4, -0.2) is 49.3 Å². The molecule has 1 aliphatic rings. The van der Waals surface area contributed by atoms with Gasteiger partial charge in [-0.25, -0.2) is 18.6 Å². The summed E-state index contributed by atoms with van der Waals surface area (Å²) in [6, 6.07) is 6.74. The highest BCUT2D eigenvalue weighted by atomic mass is 32.1. The molecule has 0 bridgehead atoms. The van der Waals surface area contributed by atoms with Crippen molar-refractivity contribution < 1.29 is 18.7 Å². The van der Waals surface area contributed by atoms with Gasteiger partial charge in [0.2, 0.25) is 5.95 Å². The van der Waals surface area contributed by atoms with Gasteiger partial charge in [0.1, 0.15) is 16.6 Å². The van der Waals surface area contributed by atoms with Gasteiger partial charge in [-0.1, -0.05) is 6.07 Å². The molecule has 3 N–H and O–H groups in total. The van der Waals surface area contributed by atoms with Crippen LogP contribution in [0.3, 0.4) is 0 Å². The molecule has 0 radical (unpaired) electrons. The summed E-state index contributed by atoms with van der Waals surface area (Å²) in [6.07, 6.45) is 3.84. The maximum absolute atomic E-state index is 14.3. The zero-order chi connectivity index (χ0) is 22.9. The Morgan fingerprint density at radius 3 is 2.79 bits per heavy atom. The van der Waals surface area contributed by atoms with Crippen LogP contribution in [0.2, 0.25) is 0 Å². The SMILES string of the molecule is O=C(O)NC1CCCN(c2sncc2Nc2ncc3ccc(-c4c(F)cccc4F)nn23)C1. The van der Waals surface area contributed by atoms with E-state index < -0.39 is 17.7 Å². The fraction of sp³-hybridized carbons (Fsp3) is 0.238. The van der Waals surface area contributed by atoms with Gasteiger partial charge >= 0.3 is 6.09 Å². The summed E-state index contributed by atoms with van der Waals surface area (Å²) in [5, 5.41) is 20.0. The first-order valence-electron chi connectivity index (χ1n) is 10.2. The van der Waals surface area contributed by atoms with Gasteiger partial charge in [-0.3, -0.25) is 0 Å². The molecule has 0 aliphatic carbocycles. The number of piperidine rings is 1. The first-order valence-corrected chi connectivity index (χ1v) is 11.0. The number of fused-ring (bicyclic) bond motifs is 1. The van der Waals surface area contributed by atoms with E-state index in [4.69, 9.17) is 5.11 Å². The molecule has 170 valence electrons. The number of carboxylic acid groups (broad SMARTS) is 1. The average Bonchev–Trinajstić information content (AvgIpc) is 3.41. The zero-order valence-corrected chi connectivity index (χ0v) is 18.0. The third-order valence-electron chi connectivity index (χ3n) is 5.44. The number of nitrogens with one attached hydrogen (secondary N) is 2. The molecule has 9 nitrogen and oxygen atoms in total. The number of anilines is 3. The number of rotatable bonds is 5. The molecular formula is C21H19F2N7O2S. The monoisotopic (exact) mass is 471 g/mol. The van der Waals surface area contributed by atoms with Crippen molar-refractivity contribution in [3.8, 4) is 11.3 Å². The minimum absolute atomic E-state index is 0.140. The van der Waals surface area contributed by atoms with E-state index in [0.717, 1.165) is 24.4 Å². The second-order valence-electron chi connectivity index (χ2n) is 7.64. The van der Waals surface area contributed by atoms with Crippen LogP contribution in [0.5, 0.6) is 0 Å². The van der Waals surface area contributed by atoms with E-state index in [1.165, 1.54) is 34.2 Å². The quantitative estimate of drug-likeness (QED) is 0.402. The number of aromatic nitrogens is 4. The molecule has 1 saturated heterocycles. The third-order valence-corrected chi connectivity index (χ3v) is 6.30. The molecule has 33 heavy (non-hydrogen) atoms. The van der Waals surface area contributed by atoms with Gasteiger partial charge in [0, 0.05) is 19.1 Å². The summed E-state index contributed by atoms with van der Waals surface area (Å²) in [5.41, 5.74) is 1.27. The molecule has 1 unspecified atom stereocenters. The van der Waals surface area contributed by atoms with Crippen molar-refractivity contribution >= 4 is 39.8 Å². The summed E-state index contributed by atoms with van der Waals surface area (Å²) in [5.74, 6) is -1.03. The van der Waals surface area contributed by atoms with Crippen LogP contribution in [0.1, 0.15) is 12.8 Å². The van der Waals surface area contributed by atoms with E-state index in [9.17, 15) is 13.6 Å². The number of amides is 1. The lowest BCUT2D eigenvalue weighted by atomic mass is 10.1. The van der Waals surface area contributed by atoms with Gasteiger partial charge in [0.25, 0.3) is 0 Å². The number of carbonyl (C=O) groups is 1. The van der Waals surface area contributed by atoms with E-state index in [1.807, 2.05) is 0 Å². The fourth-order valence-electron chi connectivity index (χ4n) is 3.97. The van der Waals surface area contributed by atoms with E-state index in [0.29, 0.717) is 23.7 Å². The molecule has 0 saturated carbocycles. The molecule has 1 atom stereocenters. The number of imidazole rings is 1. The smallest absolute Gasteiger partial charge is 0.404 e. The van der Waals surface area contributed by atoms with Crippen LogP contribution in [0, 0.1) is 11.6 Å². The number of halogens is 2. The molecule has 1 aromatic carbocycles. The number of nitrogens with zero attached hydrogens (tertiary/aromatic N) is 5. The Bertz CT molecular complexity index is 1300. The van der Waals surface area contributed by atoms with Crippen molar-refractivity contribution in [1.29, 1.82) is 0 Å². The highest BCUT2D eigenvalue weighted by Crippen LogP contribution is 2.34. The van der Waals surface area contributed by atoms with Crippen molar-refractivity contribution in [2.75, 3.05) is 23.3 Å². The summed E-state index contributed by atoms with van der Waals surface area (Å²) in [4.78, 5) is 17.5. The molecule has 12 heteroatoms. The lowest BCUT2D eigenvalue weighted by Crippen LogP contribution is -2.47. The van der Waals surface area contributed by atoms with Gasteiger partial charge in [-0.15, -0.1) is 0 Å². The van der Waals surface area contributed by atoms with Crippen molar-refractivity contribution in [2.45, 2.75) is 18.9 Å². The topological polar surface area (TPSA) is 108 Å².